The normalized spacial score (nSPS) is 10.8. The van der Waals surface area contributed by atoms with Crippen LogP contribution in [0.3, 0.4) is 0 Å². The number of unbranched alkanes of at least 4 members (excludes halogenated alkanes) is 15. The van der Waals surface area contributed by atoms with Gasteiger partial charge in [-0.3, -0.25) is 0 Å². The van der Waals surface area contributed by atoms with E-state index in [4.69, 9.17) is 30.3 Å². The number of aliphatic hydroxyl groups excluding tert-OH is 3. The largest absolute Gasteiger partial charge is 0.478 e. The van der Waals surface area contributed by atoms with E-state index in [1.54, 1.807) is 0 Å². The number of hydrogen-bond acceptors (Lipinski definition) is 7. The Bertz CT molecular complexity index is 573. The third-order valence-electron chi connectivity index (χ3n) is 6.31. The summed E-state index contributed by atoms with van der Waals surface area (Å²) in [7, 11) is 2.00. The molecule has 0 aromatic carbocycles. The average molecular weight is 633 g/mol. The third kappa shape index (κ3) is 67.3. The molecule has 9 heteroatoms. The van der Waals surface area contributed by atoms with E-state index in [1.807, 2.05) is 0 Å². The van der Waals surface area contributed by atoms with Crippen LogP contribution in [0.4, 0.5) is 0 Å². The SMILES string of the molecule is C1CCCCC1.C=CC(=O)O.C=CC(=O)O.C=CC(=O)OCCCCCCCCCCCCCCCCCCO.CO.CO. The molecule has 9 nitrogen and oxygen atoms in total. The van der Waals surface area contributed by atoms with Crippen LogP contribution in [0.15, 0.2) is 38.0 Å². The predicted octanol–water partition coefficient (Wildman–Crippen LogP) is 8.02. The molecular weight excluding hydrogens is 564 g/mol. The minimum absolute atomic E-state index is 0.309. The summed E-state index contributed by atoms with van der Waals surface area (Å²) in [4.78, 5) is 29.3. The van der Waals surface area contributed by atoms with Gasteiger partial charge in [-0.2, -0.15) is 0 Å². The summed E-state index contributed by atoms with van der Waals surface area (Å²) in [5, 5.41) is 37.9. The molecule has 0 atom stereocenters. The Balaban J connectivity index is -0.000000203. The van der Waals surface area contributed by atoms with Gasteiger partial charge in [0.15, 0.2) is 0 Å². The first kappa shape index (κ1) is 51.1. The Morgan fingerprint density at radius 3 is 0.932 bits per heavy atom. The molecule has 0 spiro atoms. The Morgan fingerprint density at radius 2 is 0.727 bits per heavy atom. The second-order valence-electron chi connectivity index (χ2n) is 9.96. The van der Waals surface area contributed by atoms with Crippen molar-refractivity contribution in [2.45, 2.75) is 141 Å². The number of hydrogen-bond donors (Lipinski definition) is 5. The zero-order chi connectivity index (χ0) is 34.5. The van der Waals surface area contributed by atoms with Crippen molar-refractivity contribution in [2.24, 2.45) is 0 Å². The number of carbonyl (C=O) groups excluding carboxylic acids is 1. The highest BCUT2D eigenvalue weighted by molar-refractivity contribution is 5.81. The number of aliphatic hydroxyl groups is 3. The van der Waals surface area contributed by atoms with Crippen LogP contribution in [0.1, 0.15) is 141 Å². The minimum atomic E-state index is -0.981. The molecule has 1 saturated carbocycles. The van der Waals surface area contributed by atoms with Gasteiger partial charge in [0, 0.05) is 39.1 Å². The molecule has 0 amide bonds. The Kier molecular flexibility index (Phi) is 61.7. The summed E-state index contributed by atoms with van der Waals surface area (Å²) >= 11 is 0. The summed E-state index contributed by atoms with van der Waals surface area (Å²) in [6.07, 6.45) is 32.4. The van der Waals surface area contributed by atoms with Crippen LogP contribution in [0.2, 0.25) is 0 Å². The Morgan fingerprint density at radius 1 is 0.500 bits per heavy atom. The molecule has 0 bridgehead atoms. The van der Waals surface area contributed by atoms with Crippen molar-refractivity contribution in [1.82, 2.24) is 0 Å². The molecule has 5 N–H and O–H groups in total. The number of carbonyl (C=O) groups is 3. The first-order chi connectivity index (χ1) is 21.3. The van der Waals surface area contributed by atoms with Crippen molar-refractivity contribution >= 4 is 17.9 Å². The van der Waals surface area contributed by atoms with Crippen LogP contribution < -0.4 is 0 Å². The van der Waals surface area contributed by atoms with E-state index in [2.05, 4.69) is 19.7 Å². The number of esters is 1. The lowest BCUT2D eigenvalue weighted by Crippen LogP contribution is -2.01. The molecule has 44 heavy (non-hydrogen) atoms. The topological polar surface area (TPSA) is 162 Å². The smallest absolute Gasteiger partial charge is 0.330 e. The second-order valence-corrected chi connectivity index (χ2v) is 9.96. The van der Waals surface area contributed by atoms with E-state index in [-0.39, 0.29) is 5.97 Å². The summed E-state index contributed by atoms with van der Waals surface area (Å²) in [6, 6.07) is 0. The van der Waals surface area contributed by atoms with Gasteiger partial charge in [-0.05, 0) is 12.8 Å². The first-order valence-electron chi connectivity index (χ1n) is 16.4. The molecular formula is C35H68O9. The molecule has 1 rings (SSSR count). The zero-order valence-electron chi connectivity index (χ0n) is 28.2. The van der Waals surface area contributed by atoms with Gasteiger partial charge in [0.1, 0.15) is 0 Å². The van der Waals surface area contributed by atoms with Gasteiger partial charge in [0.05, 0.1) is 6.61 Å². The van der Waals surface area contributed by atoms with E-state index >= 15 is 0 Å². The molecule has 0 unspecified atom stereocenters. The van der Waals surface area contributed by atoms with Gasteiger partial charge in [-0.1, -0.05) is 148 Å². The number of aliphatic carboxylic acids is 2. The Hall–Kier alpha value is -2.49. The van der Waals surface area contributed by atoms with E-state index < -0.39 is 11.9 Å². The third-order valence-corrected chi connectivity index (χ3v) is 6.31. The van der Waals surface area contributed by atoms with Crippen molar-refractivity contribution in [3.63, 3.8) is 0 Å². The van der Waals surface area contributed by atoms with Crippen molar-refractivity contribution in [3.8, 4) is 0 Å². The van der Waals surface area contributed by atoms with Gasteiger partial charge in [0.25, 0.3) is 0 Å². The highest BCUT2D eigenvalue weighted by Crippen LogP contribution is 2.15. The first-order valence-corrected chi connectivity index (χ1v) is 16.4. The van der Waals surface area contributed by atoms with Gasteiger partial charge >= 0.3 is 17.9 Å². The second kappa shape index (κ2) is 53.1. The van der Waals surface area contributed by atoms with Gasteiger partial charge in [-0.25, -0.2) is 14.4 Å². The maximum absolute atomic E-state index is 10.8. The molecule has 262 valence electrons. The van der Waals surface area contributed by atoms with Crippen molar-refractivity contribution in [1.29, 1.82) is 0 Å². The number of carboxylic acid groups (broad SMARTS) is 2. The fourth-order valence-electron chi connectivity index (χ4n) is 3.98. The van der Waals surface area contributed by atoms with E-state index in [1.165, 1.54) is 128 Å². The fourth-order valence-corrected chi connectivity index (χ4v) is 3.98. The molecule has 0 radical (unpaired) electrons. The molecule has 0 aliphatic heterocycles. The van der Waals surface area contributed by atoms with Crippen LogP contribution in [0, 0.1) is 0 Å². The van der Waals surface area contributed by atoms with Crippen molar-refractivity contribution in [3.05, 3.63) is 38.0 Å². The number of rotatable bonds is 21. The van der Waals surface area contributed by atoms with Gasteiger partial charge in [-0.15, -0.1) is 0 Å². The summed E-state index contributed by atoms with van der Waals surface area (Å²) in [5.74, 6) is -2.27. The van der Waals surface area contributed by atoms with Crippen molar-refractivity contribution < 1.29 is 44.7 Å². The minimum Gasteiger partial charge on any atom is -0.478 e. The van der Waals surface area contributed by atoms with Crippen LogP contribution in [-0.4, -0.2) is 70.9 Å². The molecule has 1 aliphatic carbocycles. The number of carboxylic acids is 2. The van der Waals surface area contributed by atoms with Crippen molar-refractivity contribution in [2.75, 3.05) is 27.4 Å². The molecule has 0 saturated heterocycles. The fraction of sp³-hybridized carbons (Fsp3) is 0.743. The lowest BCUT2D eigenvalue weighted by Gasteiger charge is -2.05. The average Bonchev–Trinajstić information content (AvgIpc) is 3.07. The van der Waals surface area contributed by atoms with E-state index in [9.17, 15) is 14.4 Å². The van der Waals surface area contributed by atoms with Crippen LogP contribution >= 0.6 is 0 Å². The van der Waals surface area contributed by atoms with Crippen LogP contribution in [0.5, 0.6) is 0 Å². The summed E-state index contributed by atoms with van der Waals surface area (Å²) in [6.45, 7) is 10.2. The molecule has 0 aromatic heterocycles. The van der Waals surface area contributed by atoms with Crippen LogP contribution in [-0.2, 0) is 19.1 Å². The highest BCUT2D eigenvalue weighted by atomic mass is 16.5. The number of ether oxygens (including phenoxy) is 1. The summed E-state index contributed by atoms with van der Waals surface area (Å²) < 4.78 is 4.95. The van der Waals surface area contributed by atoms with E-state index in [0.29, 0.717) is 13.2 Å². The molecule has 0 aromatic rings. The van der Waals surface area contributed by atoms with Gasteiger partial charge < -0.3 is 30.3 Å². The standard InChI is InChI=1S/C21H40O3.C6H12.2C3H4O2.2CH4O/c1-2-21(23)24-20-18-16-14-12-10-8-6-4-3-5-7-9-11-13-15-17-19-22;1-2-4-6-5-3-1;2*1-2-3(4)5;2*1-2/h2,22H,1,3-20H2;1-6H2;2*2H,1H2,(H,4,5);2*2H,1H3. The lowest BCUT2D eigenvalue weighted by atomic mass is 10.0. The maximum Gasteiger partial charge on any atom is 0.330 e. The monoisotopic (exact) mass is 632 g/mol. The molecule has 1 aliphatic rings. The molecule has 1 fully saturated rings. The molecule has 0 heterocycles. The zero-order valence-corrected chi connectivity index (χ0v) is 28.2. The highest BCUT2D eigenvalue weighted by Gasteiger charge is 1.97. The Labute approximate surface area is 269 Å². The lowest BCUT2D eigenvalue weighted by molar-refractivity contribution is -0.138. The van der Waals surface area contributed by atoms with E-state index in [0.717, 1.165) is 45.6 Å². The summed E-state index contributed by atoms with van der Waals surface area (Å²) in [5.41, 5.74) is 0. The van der Waals surface area contributed by atoms with Crippen LogP contribution in [0.25, 0.3) is 0 Å². The predicted molar refractivity (Wildman–Crippen MR) is 182 cm³/mol. The van der Waals surface area contributed by atoms with Gasteiger partial charge in [0.2, 0.25) is 0 Å². The maximum atomic E-state index is 10.8. The quantitative estimate of drug-likeness (QED) is 0.0479.